The number of aryl methyl sites for hydroxylation is 1. The molecule has 0 aliphatic heterocycles. The molecule has 0 aromatic carbocycles. The highest BCUT2D eigenvalue weighted by molar-refractivity contribution is 5.25. The summed E-state index contributed by atoms with van der Waals surface area (Å²) in [4.78, 5) is 11.8. The molecule has 0 unspecified atom stereocenters. The smallest absolute Gasteiger partial charge is 0.225 e. The van der Waals surface area contributed by atoms with Crippen LogP contribution in [0.25, 0.3) is 0 Å². The van der Waals surface area contributed by atoms with E-state index >= 15 is 0 Å². The second kappa shape index (κ2) is 6.98. The number of rotatable bonds is 7. The first kappa shape index (κ1) is 12.7. The highest BCUT2D eigenvalue weighted by Crippen LogP contribution is 2.08. The Labute approximate surface area is 96.7 Å². The summed E-state index contributed by atoms with van der Waals surface area (Å²) in [7, 11) is 0. The largest absolute Gasteiger partial charge is 0.368 e. The quantitative estimate of drug-likeness (QED) is 0.689. The second-order valence-electron chi connectivity index (χ2n) is 3.99. The molecule has 0 amide bonds. The first-order valence-electron chi connectivity index (χ1n) is 5.98. The Morgan fingerprint density at radius 2 is 1.38 bits per heavy atom. The molecule has 4 N–H and O–H groups in total. The van der Waals surface area contributed by atoms with Crippen LogP contribution in [0, 0.1) is 0 Å². The fraction of sp³-hybridized carbons (Fsp3) is 0.727. The molecule has 0 aliphatic rings. The second-order valence-corrected chi connectivity index (χ2v) is 3.99. The zero-order valence-electron chi connectivity index (χ0n) is 9.95. The Hall–Kier alpha value is -1.39. The zero-order valence-corrected chi connectivity index (χ0v) is 9.95. The van der Waals surface area contributed by atoms with Gasteiger partial charge in [0.1, 0.15) is 5.82 Å². The van der Waals surface area contributed by atoms with E-state index in [1.807, 2.05) is 0 Å². The van der Waals surface area contributed by atoms with Crippen molar-refractivity contribution in [2.75, 3.05) is 11.5 Å². The molecule has 0 fully saturated rings. The molecule has 5 nitrogen and oxygen atoms in total. The number of nitrogen functional groups attached to an aromatic ring is 2. The van der Waals surface area contributed by atoms with Crippen LogP contribution in [0.2, 0.25) is 0 Å². The van der Waals surface area contributed by atoms with Gasteiger partial charge < -0.3 is 11.5 Å². The molecule has 0 bridgehead atoms. The molecule has 0 saturated carbocycles. The molecular weight excluding hydrogens is 202 g/mol. The van der Waals surface area contributed by atoms with Crippen molar-refractivity contribution >= 4 is 11.9 Å². The number of unbranched alkanes of at least 4 members (excludes halogenated alkanes) is 5. The maximum Gasteiger partial charge on any atom is 0.225 e. The van der Waals surface area contributed by atoms with E-state index < -0.39 is 0 Å². The fourth-order valence-electron chi connectivity index (χ4n) is 1.63. The van der Waals surface area contributed by atoms with Crippen molar-refractivity contribution in [2.45, 2.75) is 51.9 Å². The molecule has 0 saturated heterocycles. The van der Waals surface area contributed by atoms with E-state index in [9.17, 15) is 0 Å². The average molecular weight is 223 g/mol. The van der Waals surface area contributed by atoms with Crippen LogP contribution >= 0.6 is 0 Å². The Balaban J connectivity index is 2.21. The van der Waals surface area contributed by atoms with Crippen LogP contribution in [0.3, 0.4) is 0 Å². The molecule has 1 aromatic heterocycles. The molecule has 5 heteroatoms. The van der Waals surface area contributed by atoms with E-state index in [1.165, 1.54) is 32.1 Å². The molecule has 0 spiro atoms. The van der Waals surface area contributed by atoms with Crippen LogP contribution < -0.4 is 11.5 Å². The lowest BCUT2D eigenvalue weighted by Gasteiger charge is -2.02. The van der Waals surface area contributed by atoms with E-state index in [0.29, 0.717) is 5.82 Å². The minimum atomic E-state index is 0.216. The van der Waals surface area contributed by atoms with E-state index in [2.05, 4.69) is 21.9 Å². The molecule has 1 aromatic rings. The summed E-state index contributed by atoms with van der Waals surface area (Å²) < 4.78 is 0. The van der Waals surface area contributed by atoms with Gasteiger partial charge in [0.25, 0.3) is 0 Å². The summed E-state index contributed by atoms with van der Waals surface area (Å²) in [5.74, 6) is 1.14. The Morgan fingerprint density at radius 1 is 0.812 bits per heavy atom. The summed E-state index contributed by atoms with van der Waals surface area (Å²) in [5, 5.41) is 0. The lowest BCUT2D eigenvalue weighted by molar-refractivity contribution is 0.600. The van der Waals surface area contributed by atoms with Gasteiger partial charge in [0, 0.05) is 6.42 Å². The summed E-state index contributed by atoms with van der Waals surface area (Å²) >= 11 is 0. The van der Waals surface area contributed by atoms with Crippen LogP contribution in [-0.4, -0.2) is 15.0 Å². The van der Waals surface area contributed by atoms with Crippen LogP contribution in [0.15, 0.2) is 0 Å². The third kappa shape index (κ3) is 4.91. The normalized spacial score (nSPS) is 10.6. The average Bonchev–Trinajstić information content (AvgIpc) is 2.22. The van der Waals surface area contributed by atoms with Gasteiger partial charge in [0.05, 0.1) is 0 Å². The van der Waals surface area contributed by atoms with Gasteiger partial charge in [-0.05, 0) is 6.42 Å². The number of aromatic nitrogens is 3. The fourth-order valence-corrected chi connectivity index (χ4v) is 1.63. The van der Waals surface area contributed by atoms with Gasteiger partial charge in [-0.15, -0.1) is 0 Å². The maximum absolute atomic E-state index is 5.49. The van der Waals surface area contributed by atoms with Gasteiger partial charge in [-0.1, -0.05) is 39.0 Å². The number of hydrogen-bond donors (Lipinski definition) is 2. The monoisotopic (exact) mass is 223 g/mol. The highest BCUT2D eigenvalue weighted by Gasteiger charge is 2.01. The molecular formula is C11H21N5. The van der Waals surface area contributed by atoms with E-state index in [0.717, 1.165) is 12.8 Å². The predicted molar refractivity (Wildman–Crippen MR) is 65.7 cm³/mol. The van der Waals surface area contributed by atoms with Crippen molar-refractivity contribution in [2.24, 2.45) is 0 Å². The summed E-state index contributed by atoms with van der Waals surface area (Å²) in [5.41, 5.74) is 11.0. The van der Waals surface area contributed by atoms with E-state index in [1.54, 1.807) is 0 Å². The van der Waals surface area contributed by atoms with Crippen LogP contribution in [-0.2, 0) is 6.42 Å². The van der Waals surface area contributed by atoms with Gasteiger partial charge in [0.15, 0.2) is 0 Å². The summed E-state index contributed by atoms with van der Waals surface area (Å²) in [6, 6.07) is 0. The summed E-state index contributed by atoms with van der Waals surface area (Å²) in [6.45, 7) is 2.22. The van der Waals surface area contributed by atoms with Gasteiger partial charge in [-0.3, -0.25) is 0 Å². The molecule has 90 valence electrons. The first-order chi connectivity index (χ1) is 7.72. The minimum Gasteiger partial charge on any atom is -0.368 e. The molecule has 0 radical (unpaired) electrons. The van der Waals surface area contributed by atoms with Crippen molar-refractivity contribution < 1.29 is 0 Å². The van der Waals surface area contributed by atoms with Crippen molar-refractivity contribution in [3.63, 3.8) is 0 Å². The van der Waals surface area contributed by atoms with Gasteiger partial charge >= 0.3 is 0 Å². The maximum atomic E-state index is 5.49. The van der Waals surface area contributed by atoms with Crippen LogP contribution in [0.4, 0.5) is 11.9 Å². The number of anilines is 2. The third-order valence-corrected chi connectivity index (χ3v) is 2.47. The Kier molecular flexibility index (Phi) is 5.53. The lowest BCUT2D eigenvalue weighted by Crippen LogP contribution is -2.06. The molecule has 0 aliphatic carbocycles. The molecule has 0 atom stereocenters. The van der Waals surface area contributed by atoms with Crippen LogP contribution in [0.5, 0.6) is 0 Å². The highest BCUT2D eigenvalue weighted by atomic mass is 15.1. The first-order valence-corrected chi connectivity index (χ1v) is 5.98. The molecule has 1 heterocycles. The van der Waals surface area contributed by atoms with Crippen molar-refractivity contribution in [1.82, 2.24) is 15.0 Å². The third-order valence-electron chi connectivity index (χ3n) is 2.47. The molecule has 1 rings (SSSR count). The Bertz CT molecular complexity index is 293. The van der Waals surface area contributed by atoms with Gasteiger partial charge in [-0.2, -0.15) is 15.0 Å². The van der Waals surface area contributed by atoms with Crippen LogP contribution in [0.1, 0.15) is 51.3 Å². The van der Waals surface area contributed by atoms with Crippen molar-refractivity contribution in [1.29, 1.82) is 0 Å². The van der Waals surface area contributed by atoms with Crippen molar-refractivity contribution in [3.05, 3.63) is 5.82 Å². The van der Waals surface area contributed by atoms with E-state index in [4.69, 9.17) is 11.5 Å². The molecule has 16 heavy (non-hydrogen) atoms. The lowest BCUT2D eigenvalue weighted by atomic mass is 10.1. The standard InChI is InChI=1S/C11H21N5/c1-2-3-4-5-6-7-8-9-14-10(12)16-11(13)15-9/h2-8H2,1H3,(H4,12,13,14,15,16). The Morgan fingerprint density at radius 3 is 2.00 bits per heavy atom. The van der Waals surface area contributed by atoms with E-state index in [-0.39, 0.29) is 11.9 Å². The predicted octanol–water partition coefficient (Wildman–Crippen LogP) is 1.94. The number of nitrogens with zero attached hydrogens (tertiary/aromatic N) is 3. The SMILES string of the molecule is CCCCCCCCc1nc(N)nc(N)n1. The van der Waals surface area contributed by atoms with Crippen molar-refractivity contribution in [3.8, 4) is 0 Å². The zero-order chi connectivity index (χ0) is 11.8. The van der Waals surface area contributed by atoms with Gasteiger partial charge in [0.2, 0.25) is 11.9 Å². The minimum absolute atomic E-state index is 0.216. The number of nitrogens with two attached hydrogens (primary N) is 2. The topological polar surface area (TPSA) is 90.7 Å². The summed E-state index contributed by atoms with van der Waals surface area (Å²) in [6.07, 6.45) is 8.34. The number of hydrogen-bond acceptors (Lipinski definition) is 5. The van der Waals surface area contributed by atoms with Gasteiger partial charge in [-0.25, -0.2) is 0 Å².